The molecule has 52 heavy (non-hydrogen) atoms. The molecule has 6 aromatic carbocycles. The zero-order valence-corrected chi connectivity index (χ0v) is 30.3. The van der Waals surface area contributed by atoms with Crippen molar-refractivity contribution in [2.45, 2.75) is 0 Å². The minimum Gasteiger partial charge on any atom is -0.507 e. The van der Waals surface area contributed by atoms with Crippen LogP contribution in [0.5, 0.6) is 5.75 Å². The van der Waals surface area contributed by atoms with E-state index in [9.17, 15) is 5.11 Å². The normalized spacial score (nSPS) is 10.6. The first-order valence-corrected chi connectivity index (χ1v) is 16.8. The van der Waals surface area contributed by atoms with Crippen LogP contribution in [0.15, 0.2) is 194 Å². The first-order valence-electron chi connectivity index (χ1n) is 16.8. The van der Waals surface area contributed by atoms with Crippen molar-refractivity contribution in [3.8, 4) is 39.4 Å². The van der Waals surface area contributed by atoms with Crippen LogP contribution in [0.2, 0.25) is 0 Å². The van der Waals surface area contributed by atoms with Gasteiger partial charge in [0.15, 0.2) is 0 Å². The molecule has 0 aliphatic carbocycles. The van der Waals surface area contributed by atoms with Crippen LogP contribution in [0.4, 0.5) is 34.3 Å². The van der Waals surface area contributed by atoms with Gasteiger partial charge in [0, 0.05) is 55.8 Å². The molecular weight excluding hydrogens is 820 g/mol. The Morgan fingerprint density at radius 3 is 1.77 bits per heavy atom. The first kappa shape index (κ1) is 34.2. The number of anilines is 6. The molecule has 0 fully saturated rings. The Morgan fingerprint density at radius 2 is 1.10 bits per heavy atom. The molecule has 0 saturated heterocycles. The van der Waals surface area contributed by atoms with E-state index in [0.29, 0.717) is 17.1 Å². The van der Waals surface area contributed by atoms with Crippen molar-refractivity contribution >= 4 is 34.3 Å². The molecule has 0 atom stereocenters. The van der Waals surface area contributed by atoms with E-state index in [4.69, 9.17) is 4.98 Å². The fourth-order valence-corrected chi connectivity index (χ4v) is 6.34. The summed E-state index contributed by atoms with van der Waals surface area (Å²) >= 11 is 0. The van der Waals surface area contributed by atoms with Crippen molar-refractivity contribution in [2.24, 2.45) is 0 Å². The van der Waals surface area contributed by atoms with Gasteiger partial charge in [-0.2, -0.15) is 0 Å². The molecule has 5 nitrogen and oxygen atoms in total. The standard InChI is InChI=1S/C46H33N4O.Pt/c51-45-29-13-11-26-41(45)43-32-39(49(36-20-6-2-7-21-36)37-22-8-3-9-23-37)33-46(48-43)50(38-24-16-19-35(31-38)42-27-14-15-30-47-42)44-28-12-10-25-40(44)34-17-4-1-5-18-34;/h1-30,32-33,51H;/q-1;. The maximum absolute atomic E-state index is 11.2. The van der Waals surface area contributed by atoms with Gasteiger partial charge in [0.1, 0.15) is 11.6 Å². The monoisotopic (exact) mass is 852 g/mol. The Morgan fingerprint density at radius 1 is 0.481 bits per heavy atom. The molecule has 0 unspecified atom stereocenters. The van der Waals surface area contributed by atoms with Gasteiger partial charge in [0.2, 0.25) is 0 Å². The zero-order valence-electron chi connectivity index (χ0n) is 28.0. The Labute approximate surface area is 318 Å². The van der Waals surface area contributed by atoms with Gasteiger partial charge in [-0.15, -0.1) is 29.8 Å². The van der Waals surface area contributed by atoms with Crippen LogP contribution >= 0.6 is 0 Å². The average Bonchev–Trinajstić information content (AvgIpc) is 3.20. The summed E-state index contributed by atoms with van der Waals surface area (Å²) < 4.78 is 0. The summed E-state index contributed by atoms with van der Waals surface area (Å²) in [7, 11) is 0. The zero-order chi connectivity index (χ0) is 34.4. The summed E-state index contributed by atoms with van der Waals surface area (Å²) in [5.41, 5.74) is 9.63. The van der Waals surface area contributed by atoms with Crippen molar-refractivity contribution in [2.75, 3.05) is 9.80 Å². The molecule has 0 saturated carbocycles. The summed E-state index contributed by atoms with van der Waals surface area (Å²) in [5, 5.41) is 11.2. The van der Waals surface area contributed by atoms with Gasteiger partial charge >= 0.3 is 0 Å². The molecule has 1 N–H and O–H groups in total. The van der Waals surface area contributed by atoms with Crippen molar-refractivity contribution in [1.29, 1.82) is 0 Å². The number of aromatic nitrogens is 2. The average molecular weight is 853 g/mol. The predicted molar refractivity (Wildman–Crippen MR) is 208 cm³/mol. The van der Waals surface area contributed by atoms with Gasteiger partial charge in [-0.05, 0) is 71.5 Å². The third-order valence-corrected chi connectivity index (χ3v) is 8.68. The van der Waals surface area contributed by atoms with E-state index in [1.54, 1.807) is 12.3 Å². The molecule has 0 amide bonds. The van der Waals surface area contributed by atoms with E-state index >= 15 is 0 Å². The van der Waals surface area contributed by atoms with Crippen LogP contribution < -0.4 is 9.80 Å². The minimum absolute atomic E-state index is 0. The second kappa shape index (κ2) is 15.7. The SMILES string of the molecule is Oc1ccccc1-c1cc(N(c2ccccc2)c2ccccc2)cc(N(c2[c-]c(-c3ccccn3)ccc2)c2ccccc2-c2ccccc2)n1.[Pt]. The Balaban J connectivity index is 0.00000420. The third-order valence-electron chi connectivity index (χ3n) is 8.68. The number of phenols is 1. The molecule has 0 bridgehead atoms. The van der Waals surface area contributed by atoms with Crippen LogP contribution in [0, 0.1) is 6.07 Å². The fourth-order valence-electron chi connectivity index (χ4n) is 6.34. The van der Waals surface area contributed by atoms with Crippen LogP contribution in [0.3, 0.4) is 0 Å². The van der Waals surface area contributed by atoms with E-state index in [1.165, 1.54) is 0 Å². The van der Waals surface area contributed by atoms with E-state index in [-0.39, 0.29) is 26.8 Å². The molecule has 2 heterocycles. The topological polar surface area (TPSA) is 52.5 Å². The van der Waals surface area contributed by atoms with E-state index < -0.39 is 0 Å². The summed E-state index contributed by atoms with van der Waals surface area (Å²) in [4.78, 5) is 14.3. The van der Waals surface area contributed by atoms with Crippen LogP contribution in [-0.4, -0.2) is 15.1 Å². The summed E-state index contributed by atoms with van der Waals surface area (Å²) in [6.07, 6.45) is 1.80. The van der Waals surface area contributed by atoms with Crippen LogP contribution in [-0.2, 0) is 21.1 Å². The molecular formula is C46H33N4OPt-. The number of pyridine rings is 2. The molecule has 8 rings (SSSR count). The van der Waals surface area contributed by atoms with Crippen molar-refractivity contribution in [3.63, 3.8) is 0 Å². The molecule has 6 heteroatoms. The second-order valence-corrected chi connectivity index (χ2v) is 12.0. The maximum Gasteiger partial charge on any atom is 0.138 e. The third kappa shape index (κ3) is 7.13. The molecule has 0 aliphatic rings. The summed E-state index contributed by atoms with van der Waals surface area (Å²) in [6, 6.07) is 66.5. The Hall–Kier alpha value is -6.29. The Bertz CT molecular complexity index is 2350. The predicted octanol–water partition coefficient (Wildman–Crippen LogP) is 11.9. The largest absolute Gasteiger partial charge is 0.507 e. The number of hydrogen-bond donors (Lipinski definition) is 1. The molecule has 8 aromatic rings. The van der Waals surface area contributed by atoms with Gasteiger partial charge in [-0.25, -0.2) is 4.98 Å². The van der Waals surface area contributed by atoms with Crippen molar-refractivity contribution in [3.05, 3.63) is 200 Å². The molecule has 254 valence electrons. The van der Waals surface area contributed by atoms with Crippen molar-refractivity contribution in [1.82, 2.24) is 9.97 Å². The number of phenolic OH excluding ortho intramolecular Hbond substituents is 1. The number of aromatic hydroxyl groups is 1. The van der Waals surface area contributed by atoms with Crippen molar-refractivity contribution < 1.29 is 26.2 Å². The summed E-state index contributed by atoms with van der Waals surface area (Å²) in [5.74, 6) is 0.805. The van der Waals surface area contributed by atoms with E-state index in [2.05, 4.69) is 93.6 Å². The van der Waals surface area contributed by atoms with E-state index in [0.717, 1.165) is 50.8 Å². The molecule has 0 spiro atoms. The number of rotatable bonds is 9. The smallest absolute Gasteiger partial charge is 0.138 e. The fraction of sp³-hybridized carbons (Fsp3) is 0. The number of benzene rings is 6. The molecule has 0 radical (unpaired) electrons. The number of nitrogens with zero attached hydrogens (tertiary/aromatic N) is 4. The maximum atomic E-state index is 11.2. The van der Waals surface area contributed by atoms with Gasteiger partial charge in [0.05, 0.1) is 17.1 Å². The van der Waals surface area contributed by atoms with Gasteiger partial charge in [-0.3, -0.25) is 0 Å². The second-order valence-electron chi connectivity index (χ2n) is 12.0. The number of hydrogen-bond acceptors (Lipinski definition) is 5. The van der Waals surface area contributed by atoms with Crippen LogP contribution in [0.25, 0.3) is 33.6 Å². The van der Waals surface area contributed by atoms with Gasteiger partial charge < -0.3 is 19.9 Å². The minimum atomic E-state index is 0. The Kier molecular flexibility index (Phi) is 10.3. The van der Waals surface area contributed by atoms with E-state index in [1.807, 2.05) is 109 Å². The molecule has 0 aliphatic heterocycles. The van der Waals surface area contributed by atoms with Gasteiger partial charge in [0.25, 0.3) is 0 Å². The van der Waals surface area contributed by atoms with Crippen LogP contribution in [0.1, 0.15) is 0 Å². The molecule has 2 aromatic heterocycles. The first-order chi connectivity index (χ1) is 25.2. The summed E-state index contributed by atoms with van der Waals surface area (Å²) in [6.45, 7) is 0. The van der Waals surface area contributed by atoms with Gasteiger partial charge in [-0.1, -0.05) is 109 Å². The quantitative estimate of drug-likeness (QED) is 0.147. The number of para-hydroxylation sites is 4.